The fourth-order valence-electron chi connectivity index (χ4n) is 3.46. The average molecular weight is 483 g/mol. The summed E-state index contributed by atoms with van der Waals surface area (Å²) in [5, 5.41) is 8.12. The van der Waals surface area contributed by atoms with Gasteiger partial charge in [-0.25, -0.2) is 4.79 Å². The van der Waals surface area contributed by atoms with Crippen LogP contribution in [-0.4, -0.2) is 53.8 Å². The predicted molar refractivity (Wildman–Crippen MR) is 131 cm³/mol. The number of hydrogen-bond donors (Lipinski definition) is 2. The highest BCUT2D eigenvalue weighted by atomic mass is 35.5. The van der Waals surface area contributed by atoms with Gasteiger partial charge >= 0.3 is 6.03 Å². The van der Waals surface area contributed by atoms with Crippen LogP contribution in [0.15, 0.2) is 60.0 Å². The van der Waals surface area contributed by atoms with Gasteiger partial charge in [-0.05, 0) is 60.3 Å². The van der Waals surface area contributed by atoms with Crippen LogP contribution in [0.5, 0.6) is 0 Å². The maximum Gasteiger partial charge on any atom is 0.321 e. The van der Waals surface area contributed by atoms with Gasteiger partial charge in [0.1, 0.15) is 0 Å². The number of aryl methyl sites for hydroxylation is 1. The van der Waals surface area contributed by atoms with Crippen LogP contribution in [-0.2, 0) is 0 Å². The van der Waals surface area contributed by atoms with E-state index in [1.54, 1.807) is 46.2 Å². The first kappa shape index (κ1) is 22.8. The zero-order valence-electron chi connectivity index (χ0n) is 18.0. The maximum absolute atomic E-state index is 12.9. The zero-order chi connectivity index (χ0) is 23.4. The van der Waals surface area contributed by atoms with Crippen molar-refractivity contribution >= 4 is 52.2 Å². The summed E-state index contributed by atoms with van der Waals surface area (Å²) in [6.45, 7) is 3.66. The Morgan fingerprint density at radius 2 is 1.55 bits per heavy atom. The highest BCUT2D eigenvalue weighted by Crippen LogP contribution is 2.21. The predicted octanol–water partition coefficient (Wildman–Crippen LogP) is 4.95. The van der Waals surface area contributed by atoms with E-state index in [9.17, 15) is 14.4 Å². The van der Waals surface area contributed by atoms with E-state index >= 15 is 0 Å². The van der Waals surface area contributed by atoms with Crippen molar-refractivity contribution in [3.63, 3.8) is 0 Å². The highest BCUT2D eigenvalue weighted by molar-refractivity contribution is 7.12. The van der Waals surface area contributed by atoms with Gasteiger partial charge in [-0.2, -0.15) is 0 Å². The van der Waals surface area contributed by atoms with Crippen molar-refractivity contribution < 1.29 is 14.4 Å². The van der Waals surface area contributed by atoms with Gasteiger partial charge in [0.25, 0.3) is 11.8 Å². The van der Waals surface area contributed by atoms with Crippen LogP contribution in [0, 0.1) is 6.92 Å². The summed E-state index contributed by atoms with van der Waals surface area (Å²) in [4.78, 5) is 41.6. The molecule has 1 aliphatic heterocycles. The lowest BCUT2D eigenvalue weighted by atomic mass is 10.1. The number of rotatable bonds is 4. The van der Waals surface area contributed by atoms with Crippen LogP contribution in [0.25, 0.3) is 0 Å². The van der Waals surface area contributed by atoms with Crippen molar-refractivity contribution in [1.82, 2.24) is 9.80 Å². The Labute approximate surface area is 201 Å². The smallest absolute Gasteiger partial charge is 0.321 e. The van der Waals surface area contributed by atoms with Crippen molar-refractivity contribution in [1.29, 1.82) is 0 Å². The second-order valence-electron chi connectivity index (χ2n) is 7.68. The van der Waals surface area contributed by atoms with E-state index in [2.05, 4.69) is 10.6 Å². The summed E-state index contributed by atoms with van der Waals surface area (Å²) in [6, 6.07) is 15.6. The SMILES string of the molecule is Cc1ccc(NC(=O)N2CCN(C(=O)c3ccc(NC(=O)c4cccs4)cc3)CC2)cc1Cl. The molecule has 2 aromatic carbocycles. The van der Waals surface area contributed by atoms with Crippen LogP contribution < -0.4 is 10.6 Å². The molecule has 4 amide bonds. The third kappa shape index (κ3) is 5.53. The van der Waals surface area contributed by atoms with Gasteiger partial charge < -0.3 is 20.4 Å². The van der Waals surface area contributed by atoms with Crippen LogP contribution >= 0.6 is 22.9 Å². The van der Waals surface area contributed by atoms with E-state index in [0.717, 1.165) is 5.56 Å². The van der Waals surface area contributed by atoms with Crippen molar-refractivity contribution in [3.8, 4) is 0 Å². The molecule has 1 aromatic heterocycles. The van der Waals surface area contributed by atoms with E-state index < -0.39 is 0 Å². The number of piperazine rings is 1. The third-order valence-electron chi connectivity index (χ3n) is 5.41. The normalized spacial score (nSPS) is 13.5. The lowest BCUT2D eigenvalue weighted by molar-refractivity contribution is 0.0671. The number of urea groups is 1. The second kappa shape index (κ2) is 10.1. The number of hydrogen-bond acceptors (Lipinski definition) is 4. The first-order chi connectivity index (χ1) is 15.9. The molecule has 9 heteroatoms. The van der Waals surface area contributed by atoms with E-state index in [0.29, 0.717) is 53.0 Å². The summed E-state index contributed by atoms with van der Waals surface area (Å²) in [6.07, 6.45) is 0. The lowest BCUT2D eigenvalue weighted by Crippen LogP contribution is -2.51. The molecule has 1 saturated heterocycles. The van der Waals surface area contributed by atoms with Crippen LogP contribution in [0.3, 0.4) is 0 Å². The van der Waals surface area contributed by atoms with Gasteiger partial charge in [-0.1, -0.05) is 23.7 Å². The molecule has 4 rings (SSSR count). The number of nitrogens with one attached hydrogen (secondary N) is 2. The topological polar surface area (TPSA) is 81.8 Å². The quantitative estimate of drug-likeness (QED) is 0.552. The number of carbonyl (C=O) groups excluding carboxylic acids is 3. The molecule has 33 heavy (non-hydrogen) atoms. The fourth-order valence-corrected chi connectivity index (χ4v) is 4.26. The van der Waals surface area contributed by atoms with Gasteiger partial charge in [-0.15, -0.1) is 11.3 Å². The minimum Gasteiger partial charge on any atom is -0.335 e. The van der Waals surface area contributed by atoms with Crippen LogP contribution in [0.2, 0.25) is 5.02 Å². The molecule has 0 radical (unpaired) electrons. The Hall–Kier alpha value is -3.36. The Morgan fingerprint density at radius 1 is 0.879 bits per heavy atom. The number of anilines is 2. The zero-order valence-corrected chi connectivity index (χ0v) is 19.6. The van der Waals surface area contributed by atoms with Crippen molar-refractivity contribution in [2.75, 3.05) is 36.8 Å². The molecule has 0 saturated carbocycles. The Kier molecular flexibility index (Phi) is 6.96. The Morgan fingerprint density at radius 3 is 2.18 bits per heavy atom. The summed E-state index contributed by atoms with van der Waals surface area (Å²) in [5.41, 5.74) is 2.75. The largest absolute Gasteiger partial charge is 0.335 e. The van der Waals surface area contributed by atoms with Crippen molar-refractivity contribution in [2.45, 2.75) is 6.92 Å². The summed E-state index contributed by atoms with van der Waals surface area (Å²) in [7, 11) is 0. The first-order valence-electron chi connectivity index (χ1n) is 10.5. The molecule has 0 atom stereocenters. The average Bonchev–Trinajstić information content (AvgIpc) is 3.37. The van der Waals surface area contributed by atoms with Gasteiger partial charge in [0.15, 0.2) is 0 Å². The van der Waals surface area contributed by atoms with E-state index in [-0.39, 0.29) is 17.8 Å². The molecule has 7 nitrogen and oxygen atoms in total. The Bertz CT molecular complexity index is 1160. The third-order valence-corrected chi connectivity index (χ3v) is 6.69. The number of benzene rings is 2. The summed E-state index contributed by atoms with van der Waals surface area (Å²) < 4.78 is 0. The molecule has 2 N–H and O–H groups in total. The number of nitrogens with zero attached hydrogens (tertiary/aromatic N) is 2. The monoisotopic (exact) mass is 482 g/mol. The summed E-state index contributed by atoms with van der Waals surface area (Å²) >= 11 is 7.49. The standard InChI is InChI=1S/C24H23ClN4O3S/c1-16-4-7-19(15-20(16)25)27-24(32)29-12-10-28(11-13-29)23(31)17-5-8-18(9-6-17)26-22(30)21-3-2-14-33-21/h2-9,14-15H,10-13H2,1H3,(H,26,30)(H,27,32). The van der Waals surface area contributed by atoms with E-state index in [4.69, 9.17) is 11.6 Å². The molecule has 0 spiro atoms. The van der Waals surface area contributed by atoms with Gasteiger partial charge in [-0.3, -0.25) is 9.59 Å². The molecular formula is C24H23ClN4O3S. The maximum atomic E-state index is 12.9. The Balaban J connectivity index is 1.29. The highest BCUT2D eigenvalue weighted by Gasteiger charge is 2.25. The van der Waals surface area contributed by atoms with Gasteiger partial charge in [0.2, 0.25) is 0 Å². The van der Waals surface area contributed by atoms with Crippen LogP contribution in [0.4, 0.5) is 16.2 Å². The second-order valence-corrected chi connectivity index (χ2v) is 9.04. The molecule has 0 aliphatic carbocycles. The molecule has 0 unspecified atom stereocenters. The molecular weight excluding hydrogens is 460 g/mol. The van der Waals surface area contributed by atoms with Crippen LogP contribution in [0.1, 0.15) is 25.6 Å². The summed E-state index contributed by atoms with van der Waals surface area (Å²) in [5.74, 6) is -0.275. The molecule has 2 heterocycles. The van der Waals surface area contributed by atoms with Gasteiger partial charge in [0.05, 0.1) is 4.88 Å². The van der Waals surface area contributed by atoms with E-state index in [1.807, 2.05) is 30.5 Å². The number of amides is 4. The number of thiophene rings is 1. The fraction of sp³-hybridized carbons (Fsp3) is 0.208. The minimum atomic E-state index is -0.215. The first-order valence-corrected chi connectivity index (χ1v) is 11.7. The molecule has 1 fully saturated rings. The molecule has 1 aliphatic rings. The van der Waals surface area contributed by atoms with Crippen molar-refractivity contribution in [2.24, 2.45) is 0 Å². The molecule has 3 aromatic rings. The van der Waals surface area contributed by atoms with Gasteiger partial charge in [0, 0.05) is 48.1 Å². The minimum absolute atomic E-state index is 0.100. The van der Waals surface area contributed by atoms with Crippen molar-refractivity contribution in [3.05, 3.63) is 81.0 Å². The number of halogens is 1. The number of carbonyl (C=O) groups is 3. The molecule has 0 bridgehead atoms. The van der Waals surface area contributed by atoms with E-state index in [1.165, 1.54) is 11.3 Å². The molecule has 170 valence electrons. The lowest BCUT2D eigenvalue weighted by Gasteiger charge is -2.34.